The highest BCUT2D eigenvalue weighted by Gasteiger charge is 2.23. The van der Waals surface area contributed by atoms with Crippen LogP contribution in [0.15, 0.2) is 61.1 Å². The van der Waals surface area contributed by atoms with Crippen molar-refractivity contribution >= 4 is 17.2 Å². The number of nitrogens with zero attached hydrogens (tertiary/aromatic N) is 4. The lowest BCUT2D eigenvalue weighted by molar-refractivity contribution is 0.0951. The molecule has 1 aliphatic carbocycles. The van der Waals surface area contributed by atoms with Gasteiger partial charge < -0.3 is 10.6 Å². The van der Waals surface area contributed by atoms with E-state index in [0.717, 1.165) is 53.2 Å². The number of amides is 1. The van der Waals surface area contributed by atoms with Gasteiger partial charge in [0.15, 0.2) is 5.65 Å². The molecule has 2 N–H and O–H groups in total. The molecule has 1 aromatic carbocycles. The van der Waals surface area contributed by atoms with Gasteiger partial charge in [-0.2, -0.15) is 5.10 Å². The summed E-state index contributed by atoms with van der Waals surface area (Å²) < 4.78 is 1.87. The van der Waals surface area contributed by atoms with E-state index in [9.17, 15) is 4.79 Å². The first-order valence-electron chi connectivity index (χ1n) is 11.0. The normalized spacial score (nSPS) is 13.5. The minimum absolute atomic E-state index is 0.0181. The fourth-order valence-corrected chi connectivity index (χ4v) is 3.56. The van der Waals surface area contributed by atoms with Crippen molar-refractivity contribution < 1.29 is 4.79 Å². The van der Waals surface area contributed by atoms with Crippen LogP contribution in [-0.4, -0.2) is 38.1 Å². The molecule has 3 aromatic heterocycles. The van der Waals surface area contributed by atoms with Crippen molar-refractivity contribution in [2.75, 3.05) is 11.9 Å². The van der Waals surface area contributed by atoms with Gasteiger partial charge >= 0.3 is 0 Å². The smallest absolute Gasteiger partial charge is 0.251 e. The molecule has 7 nitrogen and oxygen atoms in total. The van der Waals surface area contributed by atoms with E-state index in [4.69, 9.17) is 5.10 Å². The monoisotopic (exact) mass is 426 g/mol. The average Bonchev–Trinajstić information content (AvgIpc) is 3.53. The highest BCUT2D eigenvalue weighted by Crippen LogP contribution is 2.28. The second-order valence-corrected chi connectivity index (χ2v) is 8.66. The predicted molar refractivity (Wildman–Crippen MR) is 125 cm³/mol. The molecular weight excluding hydrogens is 400 g/mol. The summed E-state index contributed by atoms with van der Waals surface area (Å²) in [6, 6.07) is 13.9. The van der Waals surface area contributed by atoms with E-state index in [2.05, 4.69) is 34.4 Å². The second kappa shape index (κ2) is 8.42. The van der Waals surface area contributed by atoms with Crippen molar-refractivity contribution in [2.24, 2.45) is 5.92 Å². The topological polar surface area (TPSA) is 84.2 Å². The molecule has 1 aliphatic rings. The van der Waals surface area contributed by atoms with Gasteiger partial charge in [-0.05, 0) is 49.1 Å². The Morgan fingerprint density at radius 1 is 1.09 bits per heavy atom. The van der Waals surface area contributed by atoms with Crippen LogP contribution in [0.3, 0.4) is 0 Å². The fraction of sp³-hybridized carbons (Fsp3) is 0.280. The summed E-state index contributed by atoms with van der Waals surface area (Å²) >= 11 is 0. The quantitative estimate of drug-likeness (QED) is 0.457. The van der Waals surface area contributed by atoms with E-state index >= 15 is 0 Å². The number of rotatable bonds is 7. The number of nitrogens with one attached hydrogen (secondary N) is 2. The summed E-state index contributed by atoms with van der Waals surface area (Å²) in [6.45, 7) is 5.18. The molecule has 1 fully saturated rings. The Balaban J connectivity index is 1.54. The Kier molecular flexibility index (Phi) is 5.31. The SMILES string of the molecule is CC(C)CNc1cc(-c2ccncc2)nn2c(-c3ccc(C(=O)NC4CC4)cc3)cnc12. The average molecular weight is 427 g/mol. The number of hydrogen-bond donors (Lipinski definition) is 2. The Hall–Kier alpha value is -3.74. The summed E-state index contributed by atoms with van der Waals surface area (Å²) in [5.74, 6) is 0.479. The van der Waals surface area contributed by atoms with Crippen LogP contribution in [0.25, 0.3) is 28.2 Å². The zero-order valence-electron chi connectivity index (χ0n) is 18.2. The van der Waals surface area contributed by atoms with Crippen molar-refractivity contribution in [1.29, 1.82) is 0 Å². The lowest BCUT2D eigenvalue weighted by Gasteiger charge is -2.13. The lowest BCUT2D eigenvalue weighted by atomic mass is 10.1. The number of anilines is 1. The zero-order valence-corrected chi connectivity index (χ0v) is 18.2. The van der Waals surface area contributed by atoms with Gasteiger partial charge in [-0.25, -0.2) is 9.50 Å². The zero-order chi connectivity index (χ0) is 22.1. The fourth-order valence-electron chi connectivity index (χ4n) is 3.56. The van der Waals surface area contributed by atoms with E-state index in [1.54, 1.807) is 12.4 Å². The molecule has 0 saturated heterocycles. The van der Waals surface area contributed by atoms with Crippen molar-refractivity contribution in [3.63, 3.8) is 0 Å². The Morgan fingerprint density at radius 3 is 2.53 bits per heavy atom. The van der Waals surface area contributed by atoms with E-state index in [1.807, 2.05) is 53.2 Å². The number of benzene rings is 1. The molecule has 7 heteroatoms. The number of carbonyl (C=O) groups is 1. The van der Waals surface area contributed by atoms with E-state index in [-0.39, 0.29) is 5.91 Å². The Bertz CT molecular complexity index is 1240. The highest BCUT2D eigenvalue weighted by molar-refractivity contribution is 5.95. The van der Waals surface area contributed by atoms with E-state index < -0.39 is 0 Å². The highest BCUT2D eigenvalue weighted by atomic mass is 16.1. The van der Waals surface area contributed by atoms with Crippen LogP contribution in [0.4, 0.5) is 5.69 Å². The molecule has 0 radical (unpaired) electrons. The minimum Gasteiger partial charge on any atom is -0.382 e. The van der Waals surface area contributed by atoms with Crippen molar-refractivity contribution in [2.45, 2.75) is 32.7 Å². The van der Waals surface area contributed by atoms with Crippen LogP contribution in [0.1, 0.15) is 37.0 Å². The van der Waals surface area contributed by atoms with Gasteiger partial charge in [0.2, 0.25) is 0 Å². The maximum Gasteiger partial charge on any atom is 0.251 e. The predicted octanol–water partition coefficient (Wildman–Crippen LogP) is 4.42. The van der Waals surface area contributed by atoms with Crippen LogP contribution < -0.4 is 10.6 Å². The number of carbonyl (C=O) groups excluding carboxylic acids is 1. The molecule has 5 rings (SSSR count). The van der Waals surface area contributed by atoms with Gasteiger partial charge in [0, 0.05) is 41.7 Å². The lowest BCUT2D eigenvalue weighted by Crippen LogP contribution is -2.25. The molecular formula is C25H26N6O. The van der Waals surface area contributed by atoms with Crippen molar-refractivity contribution in [3.05, 3.63) is 66.6 Å². The third kappa shape index (κ3) is 4.19. The van der Waals surface area contributed by atoms with Gasteiger partial charge in [0.05, 0.1) is 23.3 Å². The first-order chi connectivity index (χ1) is 15.6. The maximum absolute atomic E-state index is 12.3. The first kappa shape index (κ1) is 20.2. The summed E-state index contributed by atoms with van der Waals surface area (Å²) in [4.78, 5) is 21.1. The molecule has 0 bridgehead atoms. The largest absolute Gasteiger partial charge is 0.382 e. The van der Waals surface area contributed by atoms with E-state index in [1.165, 1.54) is 0 Å². The molecule has 162 valence electrons. The molecule has 1 amide bonds. The summed E-state index contributed by atoms with van der Waals surface area (Å²) in [5, 5.41) is 11.4. The van der Waals surface area contributed by atoms with Crippen LogP contribution in [-0.2, 0) is 0 Å². The molecule has 3 heterocycles. The van der Waals surface area contributed by atoms with Gasteiger partial charge in [-0.3, -0.25) is 9.78 Å². The molecule has 0 atom stereocenters. The second-order valence-electron chi connectivity index (χ2n) is 8.66. The molecule has 0 unspecified atom stereocenters. The molecule has 1 saturated carbocycles. The van der Waals surface area contributed by atoms with Gasteiger partial charge in [-0.15, -0.1) is 0 Å². The standard InChI is InChI=1S/C25H26N6O/c1-16(2)14-27-22-13-21(17-9-11-26-12-10-17)30-31-23(15-28-24(22)31)18-3-5-19(6-4-18)25(32)29-20-7-8-20/h3-6,9-13,15-16,20,27H,7-8,14H2,1-2H3,(H,29,32). The Morgan fingerprint density at radius 2 is 1.84 bits per heavy atom. The van der Waals surface area contributed by atoms with Crippen LogP contribution in [0, 0.1) is 5.92 Å². The van der Waals surface area contributed by atoms with Crippen LogP contribution in [0.5, 0.6) is 0 Å². The number of hydrogen-bond acceptors (Lipinski definition) is 5. The number of aromatic nitrogens is 4. The van der Waals surface area contributed by atoms with Crippen molar-refractivity contribution in [1.82, 2.24) is 24.9 Å². The molecule has 32 heavy (non-hydrogen) atoms. The summed E-state index contributed by atoms with van der Waals surface area (Å²) in [6.07, 6.45) is 7.51. The van der Waals surface area contributed by atoms with Gasteiger partial charge in [-0.1, -0.05) is 26.0 Å². The number of fused-ring (bicyclic) bond motifs is 1. The summed E-state index contributed by atoms with van der Waals surface area (Å²) in [7, 11) is 0. The minimum atomic E-state index is -0.0181. The third-order valence-corrected chi connectivity index (χ3v) is 5.50. The molecule has 0 aliphatic heterocycles. The number of pyridine rings is 1. The molecule has 0 spiro atoms. The van der Waals surface area contributed by atoms with Gasteiger partial charge in [0.25, 0.3) is 5.91 Å². The molecule has 4 aromatic rings. The number of imidazole rings is 1. The first-order valence-corrected chi connectivity index (χ1v) is 11.0. The van der Waals surface area contributed by atoms with Gasteiger partial charge in [0.1, 0.15) is 0 Å². The summed E-state index contributed by atoms with van der Waals surface area (Å²) in [5.41, 5.74) is 6.03. The Labute approximate surface area is 186 Å². The van der Waals surface area contributed by atoms with E-state index in [0.29, 0.717) is 17.5 Å². The maximum atomic E-state index is 12.3. The third-order valence-electron chi connectivity index (χ3n) is 5.50. The van der Waals surface area contributed by atoms with Crippen LogP contribution >= 0.6 is 0 Å². The van der Waals surface area contributed by atoms with Crippen LogP contribution in [0.2, 0.25) is 0 Å². The van der Waals surface area contributed by atoms with Crippen molar-refractivity contribution in [3.8, 4) is 22.5 Å².